The monoisotopic (exact) mass is 259 g/mol. The molecule has 0 heterocycles. The maximum Gasteiger partial charge on any atom is 0.409 e. The molecule has 2 aromatic rings. The van der Waals surface area contributed by atoms with Gasteiger partial charge in [-0.2, -0.15) is 0 Å². The van der Waals surface area contributed by atoms with Crippen LogP contribution in [0.2, 0.25) is 0 Å². The average molecular weight is 259 g/mol. The molecule has 0 saturated heterocycles. The lowest BCUT2D eigenvalue weighted by atomic mass is 10.2. The fourth-order valence-corrected chi connectivity index (χ4v) is 1.51. The van der Waals surface area contributed by atoms with Crippen LogP contribution in [0.25, 0.3) is 0 Å². The first-order valence-electron chi connectivity index (χ1n) is 5.47. The second-order valence-corrected chi connectivity index (χ2v) is 3.85. The number of hydrogen-bond donors (Lipinski definition) is 4. The Morgan fingerprint density at radius 3 is 2.47 bits per heavy atom. The van der Waals surface area contributed by atoms with Gasteiger partial charge in [-0.1, -0.05) is 6.07 Å². The van der Waals surface area contributed by atoms with Gasteiger partial charge in [0.2, 0.25) is 0 Å². The van der Waals surface area contributed by atoms with Crippen LogP contribution < -0.4 is 21.5 Å². The number of anilines is 3. The van der Waals surface area contributed by atoms with Crippen LogP contribution in [0.4, 0.5) is 21.9 Å². The zero-order chi connectivity index (χ0) is 13.8. The first-order chi connectivity index (χ1) is 9.04. The van der Waals surface area contributed by atoms with Gasteiger partial charge in [-0.15, -0.1) is 0 Å². The molecule has 98 valence electrons. The van der Waals surface area contributed by atoms with E-state index in [0.717, 1.165) is 0 Å². The molecule has 0 aliphatic heterocycles. The number of nitrogen functional groups attached to an aromatic ring is 2. The van der Waals surface area contributed by atoms with Gasteiger partial charge in [0, 0.05) is 17.8 Å². The molecule has 0 spiro atoms. The van der Waals surface area contributed by atoms with E-state index in [-0.39, 0.29) is 0 Å². The van der Waals surface area contributed by atoms with Crippen molar-refractivity contribution in [3.05, 3.63) is 42.5 Å². The van der Waals surface area contributed by atoms with Gasteiger partial charge >= 0.3 is 6.09 Å². The van der Waals surface area contributed by atoms with Gasteiger partial charge in [0.15, 0.2) is 0 Å². The van der Waals surface area contributed by atoms with Gasteiger partial charge in [0.1, 0.15) is 11.5 Å². The third kappa shape index (κ3) is 3.29. The zero-order valence-corrected chi connectivity index (χ0v) is 9.96. The standard InChI is InChI=1S/C13H13N3O3/c14-11-5-4-10(7-12(11)15)19-9-3-1-2-8(6-9)16-13(17)18/h1-7,16H,14-15H2,(H,17,18). The van der Waals surface area contributed by atoms with Crippen LogP contribution in [-0.2, 0) is 0 Å². The lowest BCUT2D eigenvalue weighted by Gasteiger charge is -2.09. The number of carboxylic acid groups (broad SMARTS) is 1. The van der Waals surface area contributed by atoms with Crippen molar-refractivity contribution >= 4 is 23.2 Å². The van der Waals surface area contributed by atoms with Crippen molar-refractivity contribution < 1.29 is 14.6 Å². The van der Waals surface area contributed by atoms with Crippen molar-refractivity contribution in [3.8, 4) is 11.5 Å². The first kappa shape index (κ1) is 12.6. The SMILES string of the molecule is Nc1ccc(Oc2cccc(NC(=O)O)c2)cc1N. The Balaban J connectivity index is 2.18. The molecule has 0 aliphatic rings. The van der Waals surface area contributed by atoms with Crippen LogP contribution in [0.1, 0.15) is 0 Å². The minimum atomic E-state index is -1.13. The molecule has 0 aliphatic carbocycles. The predicted octanol–water partition coefficient (Wildman–Crippen LogP) is 2.73. The molecule has 19 heavy (non-hydrogen) atoms. The van der Waals surface area contributed by atoms with E-state index >= 15 is 0 Å². The molecular weight excluding hydrogens is 246 g/mol. The molecule has 6 nitrogen and oxygen atoms in total. The number of nitrogens with one attached hydrogen (secondary N) is 1. The van der Waals surface area contributed by atoms with E-state index in [1.807, 2.05) is 0 Å². The molecule has 0 aromatic heterocycles. The van der Waals surface area contributed by atoms with Crippen LogP contribution in [0.15, 0.2) is 42.5 Å². The fourth-order valence-electron chi connectivity index (χ4n) is 1.51. The number of nitrogens with two attached hydrogens (primary N) is 2. The summed E-state index contributed by atoms with van der Waals surface area (Å²) < 4.78 is 5.57. The predicted molar refractivity (Wildman–Crippen MR) is 73.4 cm³/mol. The van der Waals surface area contributed by atoms with Crippen molar-refractivity contribution in [1.29, 1.82) is 0 Å². The third-order valence-electron chi connectivity index (χ3n) is 2.38. The Kier molecular flexibility index (Phi) is 3.42. The van der Waals surface area contributed by atoms with Gasteiger partial charge in [0.05, 0.1) is 11.4 Å². The Hall–Kier alpha value is -2.89. The highest BCUT2D eigenvalue weighted by molar-refractivity contribution is 5.83. The number of rotatable bonds is 3. The molecular formula is C13H13N3O3. The lowest BCUT2D eigenvalue weighted by Crippen LogP contribution is -2.06. The molecule has 6 N–H and O–H groups in total. The summed E-state index contributed by atoms with van der Waals surface area (Å²) in [6.45, 7) is 0. The average Bonchev–Trinajstić information content (AvgIpc) is 2.33. The van der Waals surface area contributed by atoms with Gasteiger partial charge < -0.3 is 21.3 Å². The van der Waals surface area contributed by atoms with E-state index in [0.29, 0.717) is 28.6 Å². The van der Waals surface area contributed by atoms with Crippen molar-refractivity contribution in [1.82, 2.24) is 0 Å². The number of ether oxygens (including phenoxy) is 1. The number of hydrogen-bond acceptors (Lipinski definition) is 4. The second-order valence-electron chi connectivity index (χ2n) is 3.85. The molecule has 0 saturated carbocycles. The van der Waals surface area contributed by atoms with E-state index in [1.54, 1.807) is 42.5 Å². The molecule has 0 fully saturated rings. The van der Waals surface area contributed by atoms with E-state index in [9.17, 15) is 4.79 Å². The number of carbonyl (C=O) groups is 1. The molecule has 2 rings (SSSR count). The summed E-state index contributed by atoms with van der Waals surface area (Å²) in [6.07, 6.45) is -1.13. The molecule has 0 radical (unpaired) electrons. The maximum absolute atomic E-state index is 10.5. The van der Waals surface area contributed by atoms with Crippen LogP contribution >= 0.6 is 0 Å². The number of benzene rings is 2. The first-order valence-corrected chi connectivity index (χ1v) is 5.47. The summed E-state index contributed by atoms with van der Waals surface area (Å²) >= 11 is 0. The van der Waals surface area contributed by atoms with Crippen LogP contribution in [0.5, 0.6) is 11.5 Å². The summed E-state index contributed by atoms with van der Waals surface area (Å²) in [7, 11) is 0. The largest absolute Gasteiger partial charge is 0.465 e. The minimum Gasteiger partial charge on any atom is -0.465 e. The smallest absolute Gasteiger partial charge is 0.409 e. The minimum absolute atomic E-state index is 0.424. The Morgan fingerprint density at radius 2 is 1.79 bits per heavy atom. The van der Waals surface area contributed by atoms with Crippen molar-refractivity contribution in [2.45, 2.75) is 0 Å². The van der Waals surface area contributed by atoms with E-state index < -0.39 is 6.09 Å². The summed E-state index contributed by atoms with van der Waals surface area (Å²) in [5.41, 5.74) is 12.6. The summed E-state index contributed by atoms with van der Waals surface area (Å²) in [4.78, 5) is 10.5. The Labute approximate surface area is 109 Å². The summed E-state index contributed by atoms with van der Waals surface area (Å²) in [5, 5.41) is 10.9. The molecule has 6 heteroatoms. The van der Waals surface area contributed by atoms with Crippen LogP contribution in [0, 0.1) is 0 Å². The second kappa shape index (κ2) is 5.18. The highest BCUT2D eigenvalue weighted by Crippen LogP contribution is 2.27. The Bertz CT molecular complexity index is 614. The lowest BCUT2D eigenvalue weighted by molar-refractivity contribution is 0.210. The van der Waals surface area contributed by atoms with E-state index in [2.05, 4.69) is 5.32 Å². The van der Waals surface area contributed by atoms with Gasteiger partial charge in [0.25, 0.3) is 0 Å². The molecule has 2 aromatic carbocycles. The van der Waals surface area contributed by atoms with E-state index in [4.69, 9.17) is 21.3 Å². The molecule has 1 amide bonds. The third-order valence-corrected chi connectivity index (χ3v) is 2.38. The molecule has 0 atom stereocenters. The summed E-state index contributed by atoms with van der Waals surface area (Å²) in [5.74, 6) is 1.02. The van der Waals surface area contributed by atoms with Gasteiger partial charge in [-0.25, -0.2) is 4.79 Å². The Morgan fingerprint density at radius 1 is 1.05 bits per heavy atom. The maximum atomic E-state index is 10.5. The molecule has 0 bridgehead atoms. The van der Waals surface area contributed by atoms with Gasteiger partial charge in [-0.05, 0) is 24.3 Å². The van der Waals surface area contributed by atoms with Crippen molar-refractivity contribution in [3.63, 3.8) is 0 Å². The fraction of sp³-hybridized carbons (Fsp3) is 0. The summed E-state index contributed by atoms with van der Waals surface area (Å²) in [6, 6.07) is 11.5. The molecule has 0 unspecified atom stereocenters. The quantitative estimate of drug-likeness (QED) is 0.633. The highest BCUT2D eigenvalue weighted by atomic mass is 16.5. The highest BCUT2D eigenvalue weighted by Gasteiger charge is 2.03. The van der Waals surface area contributed by atoms with Crippen LogP contribution in [-0.4, -0.2) is 11.2 Å². The van der Waals surface area contributed by atoms with Crippen LogP contribution in [0.3, 0.4) is 0 Å². The normalized spacial score (nSPS) is 9.89. The number of amides is 1. The van der Waals surface area contributed by atoms with Crippen molar-refractivity contribution in [2.24, 2.45) is 0 Å². The topological polar surface area (TPSA) is 111 Å². The van der Waals surface area contributed by atoms with Crippen molar-refractivity contribution in [2.75, 3.05) is 16.8 Å². The zero-order valence-electron chi connectivity index (χ0n) is 9.96. The van der Waals surface area contributed by atoms with Gasteiger partial charge in [-0.3, -0.25) is 5.32 Å². The van der Waals surface area contributed by atoms with E-state index in [1.165, 1.54) is 0 Å².